The quantitative estimate of drug-likeness (QED) is 0.652. The molecule has 2 aliphatic carbocycles. The molecule has 0 aliphatic heterocycles. The molecule has 0 heterocycles. The second kappa shape index (κ2) is 5.38. The van der Waals surface area contributed by atoms with E-state index in [0.29, 0.717) is 0 Å². The molecule has 0 unspecified atom stereocenters. The highest BCUT2D eigenvalue weighted by Gasteiger charge is 2.38. The average Bonchev–Trinajstić information content (AvgIpc) is 2.95. The molecule has 2 saturated carbocycles. The van der Waals surface area contributed by atoms with Crippen LogP contribution in [0.15, 0.2) is 0 Å². The third-order valence-electron chi connectivity index (χ3n) is 2.02. The van der Waals surface area contributed by atoms with Crippen molar-refractivity contribution in [2.45, 2.75) is 36.8 Å². The smallest absolute Gasteiger partial charge is 0.104 e. The normalized spacial score (nSPS) is 21.7. The highest BCUT2D eigenvalue weighted by Crippen LogP contribution is 2.30. The zero-order valence-corrected chi connectivity index (χ0v) is 9.33. The molecule has 0 saturated heterocycles. The summed E-state index contributed by atoms with van der Waals surface area (Å²) in [6.07, 6.45) is 3.57. The molecule has 0 aromatic heterocycles. The second-order valence-corrected chi connectivity index (χ2v) is 3.54. The molecule has 0 atom stereocenters. The van der Waals surface area contributed by atoms with Gasteiger partial charge in [0.25, 0.3) is 0 Å². The molecule has 0 radical (unpaired) electrons. The molecular formula is C8H14Cl2N4. The first kappa shape index (κ1) is 15.9. The second-order valence-electron chi connectivity index (χ2n) is 3.54. The van der Waals surface area contributed by atoms with Crippen molar-refractivity contribution >= 4 is 24.8 Å². The molecule has 0 spiro atoms. The Morgan fingerprint density at radius 3 is 1.00 bits per heavy atom. The minimum absolute atomic E-state index is 0. The molecule has 4 nitrogen and oxygen atoms in total. The summed E-state index contributed by atoms with van der Waals surface area (Å²) in [5, 5.41) is 16.2. The van der Waals surface area contributed by atoms with Crippen LogP contribution in [0.4, 0.5) is 0 Å². The van der Waals surface area contributed by atoms with Crippen LogP contribution < -0.4 is 11.5 Å². The van der Waals surface area contributed by atoms with Crippen LogP contribution in [0.25, 0.3) is 0 Å². The van der Waals surface area contributed by atoms with Crippen LogP contribution in [0.3, 0.4) is 0 Å². The van der Waals surface area contributed by atoms with Crippen LogP contribution in [-0.4, -0.2) is 11.1 Å². The minimum Gasteiger partial charge on any atom is -0.313 e. The van der Waals surface area contributed by atoms with Crippen molar-refractivity contribution in [3.8, 4) is 12.1 Å². The molecule has 2 rings (SSSR count). The Labute approximate surface area is 96.1 Å². The van der Waals surface area contributed by atoms with E-state index >= 15 is 0 Å². The number of halogens is 2. The van der Waals surface area contributed by atoms with Gasteiger partial charge in [0, 0.05) is 0 Å². The molecule has 4 N–H and O–H groups in total. The Morgan fingerprint density at radius 2 is 1.00 bits per heavy atom. The van der Waals surface area contributed by atoms with E-state index in [1.54, 1.807) is 0 Å². The molecule has 0 aromatic carbocycles. The van der Waals surface area contributed by atoms with Gasteiger partial charge in [-0.05, 0) is 25.7 Å². The molecule has 2 aliphatic rings. The first-order valence-electron chi connectivity index (χ1n) is 3.94. The summed E-state index contributed by atoms with van der Waals surface area (Å²) in [7, 11) is 0. The van der Waals surface area contributed by atoms with Crippen LogP contribution in [0.2, 0.25) is 0 Å². The van der Waals surface area contributed by atoms with Gasteiger partial charge in [-0.25, -0.2) is 0 Å². The molecule has 0 amide bonds. The number of nitriles is 2. The van der Waals surface area contributed by atoms with Crippen molar-refractivity contribution in [3.63, 3.8) is 0 Å². The molecule has 0 aromatic rings. The van der Waals surface area contributed by atoms with E-state index in [0.717, 1.165) is 25.7 Å². The summed E-state index contributed by atoms with van der Waals surface area (Å²) in [5.41, 5.74) is 9.76. The number of nitrogens with zero attached hydrogens (tertiary/aromatic N) is 2. The summed E-state index contributed by atoms with van der Waals surface area (Å²) in [4.78, 5) is 0. The lowest BCUT2D eigenvalue weighted by Gasteiger charge is -1.84. The van der Waals surface area contributed by atoms with Crippen molar-refractivity contribution in [3.05, 3.63) is 0 Å². The lowest BCUT2D eigenvalue weighted by atomic mass is 10.4. The molecular weight excluding hydrogens is 223 g/mol. The van der Waals surface area contributed by atoms with Crippen LogP contribution in [0.1, 0.15) is 25.7 Å². The Hall–Kier alpha value is -0.520. The first-order chi connectivity index (χ1) is 5.54. The van der Waals surface area contributed by atoms with E-state index in [1.165, 1.54) is 0 Å². The zero-order valence-electron chi connectivity index (χ0n) is 7.69. The predicted molar refractivity (Wildman–Crippen MR) is 58.0 cm³/mol. The van der Waals surface area contributed by atoms with Crippen LogP contribution >= 0.6 is 24.8 Å². The van der Waals surface area contributed by atoms with E-state index in [-0.39, 0.29) is 24.8 Å². The van der Waals surface area contributed by atoms with Gasteiger partial charge in [0.2, 0.25) is 0 Å². The Bertz CT molecular complexity index is 229. The molecule has 0 bridgehead atoms. The molecule has 6 heteroatoms. The zero-order chi connectivity index (χ0) is 9.24. The van der Waals surface area contributed by atoms with E-state index in [1.807, 2.05) is 12.1 Å². The van der Waals surface area contributed by atoms with E-state index in [9.17, 15) is 0 Å². The van der Waals surface area contributed by atoms with Crippen LogP contribution in [0, 0.1) is 22.7 Å². The molecule has 80 valence electrons. The van der Waals surface area contributed by atoms with Gasteiger partial charge >= 0.3 is 0 Å². The maximum Gasteiger partial charge on any atom is 0.104 e. The lowest BCUT2D eigenvalue weighted by Crippen LogP contribution is -2.17. The highest BCUT2D eigenvalue weighted by atomic mass is 35.5. The standard InChI is InChI=1S/2C4H6N2.2ClH/c2*5-3-4(6)1-2-4;;/h2*1-2,6H2;2*1H. The monoisotopic (exact) mass is 236 g/mol. The Kier molecular flexibility index (Phi) is 6.13. The topological polar surface area (TPSA) is 99.6 Å². The van der Waals surface area contributed by atoms with E-state index < -0.39 is 11.1 Å². The molecule has 2 fully saturated rings. The highest BCUT2D eigenvalue weighted by molar-refractivity contribution is 5.85. The number of hydrogen-bond donors (Lipinski definition) is 2. The van der Waals surface area contributed by atoms with Gasteiger partial charge in [0.15, 0.2) is 0 Å². The fourth-order valence-corrected chi connectivity index (χ4v) is 0.493. The average molecular weight is 237 g/mol. The third-order valence-corrected chi connectivity index (χ3v) is 2.02. The van der Waals surface area contributed by atoms with Crippen LogP contribution in [0.5, 0.6) is 0 Å². The summed E-state index contributed by atoms with van der Waals surface area (Å²) < 4.78 is 0. The maximum atomic E-state index is 8.09. The van der Waals surface area contributed by atoms with Gasteiger partial charge in [0.05, 0.1) is 12.1 Å². The van der Waals surface area contributed by atoms with E-state index in [2.05, 4.69) is 0 Å². The lowest BCUT2D eigenvalue weighted by molar-refractivity contribution is 0.872. The summed E-state index contributed by atoms with van der Waals surface area (Å²) in [6.45, 7) is 0. The van der Waals surface area contributed by atoms with Crippen molar-refractivity contribution in [2.75, 3.05) is 0 Å². The fourth-order valence-electron chi connectivity index (χ4n) is 0.493. The predicted octanol–water partition coefficient (Wildman–Crippen LogP) is 0.846. The summed E-state index contributed by atoms with van der Waals surface area (Å²) in [6, 6.07) is 3.99. The number of hydrogen-bond acceptors (Lipinski definition) is 4. The Morgan fingerprint density at radius 1 is 0.786 bits per heavy atom. The van der Waals surface area contributed by atoms with Crippen molar-refractivity contribution in [1.29, 1.82) is 10.5 Å². The van der Waals surface area contributed by atoms with Gasteiger partial charge in [-0.2, -0.15) is 10.5 Å². The summed E-state index contributed by atoms with van der Waals surface area (Å²) in [5.74, 6) is 0. The largest absolute Gasteiger partial charge is 0.313 e. The van der Waals surface area contributed by atoms with Crippen LogP contribution in [-0.2, 0) is 0 Å². The minimum atomic E-state index is -0.403. The van der Waals surface area contributed by atoms with Gasteiger partial charge < -0.3 is 11.5 Å². The van der Waals surface area contributed by atoms with Crippen molar-refractivity contribution in [2.24, 2.45) is 11.5 Å². The number of nitrogens with two attached hydrogens (primary N) is 2. The third kappa shape index (κ3) is 5.26. The molecule has 14 heavy (non-hydrogen) atoms. The maximum absolute atomic E-state index is 8.09. The van der Waals surface area contributed by atoms with E-state index in [4.69, 9.17) is 22.0 Å². The van der Waals surface area contributed by atoms with Gasteiger partial charge in [-0.1, -0.05) is 0 Å². The van der Waals surface area contributed by atoms with Crippen molar-refractivity contribution in [1.82, 2.24) is 0 Å². The van der Waals surface area contributed by atoms with Gasteiger partial charge in [0.1, 0.15) is 11.1 Å². The van der Waals surface area contributed by atoms with Gasteiger partial charge in [-0.15, -0.1) is 24.8 Å². The SMILES string of the molecule is Cl.Cl.N#CC1(N)CC1.N#CC1(N)CC1. The Balaban J connectivity index is 0. The first-order valence-corrected chi connectivity index (χ1v) is 3.94. The van der Waals surface area contributed by atoms with Gasteiger partial charge in [-0.3, -0.25) is 0 Å². The van der Waals surface area contributed by atoms with Crippen molar-refractivity contribution < 1.29 is 0 Å². The summed E-state index contributed by atoms with van der Waals surface area (Å²) >= 11 is 0. The fraction of sp³-hybridized carbons (Fsp3) is 0.750. The number of rotatable bonds is 0.